The van der Waals surface area contributed by atoms with Gasteiger partial charge in [-0.15, -0.1) is 0 Å². The average Bonchev–Trinajstić information content (AvgIpc) is 3.51. The zero-order valence-electron chi connectivity index (χ0n) is 19.2. The van der Waals surface area contributed by atoms with Crippen LogP contribution in [0.3, 0.4) is 0 Å². The van der Waals surface area contributed by atoms with Gasteiger partial charge in [0, 0.05) is 49.2 Å². The summed E-state index contributed by atoms with van der Waals surface area (Å²) in [5.41, 5.74) is 2.03. The summed E-state index contributed by atoms with van der Waals surface area (Å²) in [6.45, 7) is 2.20. The lowest BCUT2D eigenvalue weighted by Crippen LogP contribution is -2.52. The van der Waals surface area contributed by atoms with Gasteiger partial charge in [0.1, 0.15) is 23.6 Å². The number of nitrogens with zero attached hydrogens (tertiary/aromatic N) is 1. The van der Waals surface area contributed by atoms with Crippen molar-refractivity contribution in [1.29, 1.82) is 0 Å². The van der Waals surface area contributed by atoms with Gasteiger partial charge in [0.05, 0.1) is 0 Å². The topological polar surface area (TPSA) is 94.3 Å². The first-order chi connectivity index (χ1) is 16.8. The second-order valence-electron chi connectivity index (χ2n) is 8.56. The minimum atomic E-state index is -1.12. The molecule has 3 N–H and O–H groups in total. The molecule has 3 amide bonds. The molecule has 0 fully saturated rings. The van der Waals surface area contributed by atoms with Gasteiger partial charge < -0.3 is 20.5 Å². The molecule has 2 aromatic carbocycles. The van der Waals surface area contributed by atoms with Crippen molar-refractivity contribution in [2.45, 2.75) is 25.9 Å². The number of nitrogens with one attached hydrogen (secondary N) is 3. The molecule has 2 unspecified atom stereocenters. The predicted octanol–water partition coefficient (Wildman–Crippen LogP) is 2.82. The molecule has 1 aliphatic rings. The zero-order valence-corrected chi connectivity index (χ0v) is 19.2. The fourth-order valence-corrected chi connectivity index (χ4v) is 4.07. The first-order valence-corrected chi connectivity index (χ1v) is 11.3. The molecule has 2 heterocycles. The van der Waals surface area contributed by atoms with Crippen LogP contribution in [0.25, 0.3) is 10.9 Å². The van der Waals surface area contributed by atoms with Gasteiger partial charge in [0.25, 0.3) is 0 Å². The van der Waals surface area contributed by atoms with Crippen LogP contribution in [-0.2, 0) is 27.3 Å². The van der Waals surface area contributed by atoms with Crippen LogP contribution in [0.1, 0.15) is 18.1 Å². The summed E-state index contributed by atoms with van der Waals surface area (Å²) in [6.07, 6.45) is 5.83. The number of hydrogen-bond donors (Lipinski definition) is 3. The number of benzene rings is 2. The molecule has 0 saturated heterocycles. The van der Waals surface area contributed by atoms with Crippen LogP contribution in [0.2, 0.25) is 0 Å². The van der Waals surface area contributed by atoms with E-state index in [0.717, 1.165) is 34.7 Å². The zero-order chi connectivity index (χ0) is 24.9. The SMILES string of the molecule is CC(C(=O)NCc1cc(F)cc(F)c1)C(=O)NC(Cc1c[nH]c2ccccc12)C(=O)N1CC=CC1. The number of H-pyrrole nitrogens is 1. The van der Waals surface area contributed by atoms with Crippen molar-refractivity contribution in [3.05, 3.63) is 83.6 Å². The maximum Gasteiger partial charge on any atom is 0.246 e. The Kier molecular flexibility index (Phi) is 7.24. The molecule has 7 nitrogen and oxygen atoms in total. The standard InChI is InChI=1S/C26H26F2N4O3/c1-16(24(33)30-14-17-10-19(27)13-20(28)11-17)25(34)31-23(26(35)32-8-4-5-9-32)12-18-15-29-22-7-3-2-6-21(18)22/h2-7,10-11,13,15-16,23,29H,8-9,12,14H2,1H3,(H,30,33)(H,31,34). The van der Waals surface area contributed by atoms with E-state index in [2.05, 4.69) is 15.6 Å². The Morgan fingerprint density at radius 3 is 2.43 bits per heavy atom. The highest BCUT2D eigenvalue weighted by Gasteiger charge is 2.30. The number of para-hydroxylation sites is 1. The molecular formula is C26H26F2N4O3. The number of hydrogen-bond acceptors (Lipinski definition) is 3. The summed E-state index contributed by atoms with van der Waals surface area (Å²) in [7, 11) is 0. The smallest absolute Gasteiger partial charge is 0.246 e. The minimum Gasteiger partial charge on any atom is -0.361 e. The second-order valence-corrected chi connectivity index (χ2v) is 8.56. The Balaban J connectivity index is 1.44. The molecule has 182 valence electrons. The largest absolute Gasteiger partial charge is 0.361 e. The highest BCUT2D eigenvalue weighted by Crippen LogP contribution is 2.20. The Morgan fingerprint density at radius 1 is 1.03 bits per heavy atom. The Morgan fingerprint density at radius 2 is 1.71 bits per heavy atom. The molecule has 1 aromatic heterocycles. The lowest BCUT2D eigenvalue weighted by atomic mass is 10.0. The first kappa shape index (κ1) is 24.1. The summed E-state index contributed by atoms with van der Waals surface area (Å²) in [5.74, 6) is -4.10. The van der Waals surface area contributed by atoms with Gasteiger partial charge in [0.2, 0.25) is 17.7 Å². The Labute approximate surface area is 201 Å². The molecule has 35 heavy (non-hydrogen) atoms. The van der Waals surface area contributed by atoms with Gasteiger partial charge in [-0.1, -0.05) is 30.4 Å². The number of aromatic amines is 1. The summed E-state index contributed by atoms with van der Waals surface area (Å²) in [6, 6.07) is 9.75. The van der Waals surface area contributed by atoms with Crippen molar-refractivity contribution in [3.8, 4) is 0 Å². The van der Waals surface area contributed by atoms with E-state index < -0.39 is 35.4 Å². The van der Waals surface area contributed by atoms with Crippen molar-refractivity contribution >= 4 is 28.6 Å². The highest BCUT2D eigenvalue weighted by atomic mass is 19.1. The van der Waals surface area contributed by atoms with Crippen LogP contribution in [0, 0.1) is 17.6 Å². The third-order valence-corrected chi connectivity index (χ3v) is 6.02. The Hall–Kier alpha value is -4.01. The highest BCUT2D eigenvalue weighted by molar-refractivity contribution is 6.01. The number of rotatable bonds is 8. The van der Waals surface area contributed by atoms with Crippen molar-refractivity contribution in [3.63, 3.8) is 0 Å². The van der Waals surface area contributed by atoms with Gasteiger partial charge in [-0.2, -0.15) is 0 Å². The molecule has 4 rings (SSSR count). The van der Waals surface area contributed by atoms with E-state index in [1.54, 1.807) is 4.90 Å². The molecule has 0 radical (unpaired) electrons. The van der Waals surface area contributed by atoms with Gasteiger partial charge in [-0.3, -0.25) is 14.4 Å². The van der Waals surface area contributed by atoms with Crippen LogP contribution in [0.15, 0.2) is 60.8 Å². The molecule has 0 bridgehead atoms. The molecule has 1 aliphatic heterocycles. The van der Waals surface area contributed by atoms with E-state index in [4.69, 9.17) is 0 Å². The van der Waals surface area contributed by atoms with Crippen LogP contribution >= 0.6 is 0 Å². The quantitative estimate of drug-likeness (QED) is 0.342. The van der Waals surface area contributed by atoms with E-state index >= 15 is 0 Å². The number of amides is 3. The van der Waals surface area contributed by atoms with Crippen molar-refractivity contribution in [2.24, 2.45) is 5.92 Å². The van der Waals surface area contributed by atoms with Crippen LogP contribution in [0.4, 0.5) is 8.78 Å². The monoisotopic (exact) mass is 480 g/mol. The molecule has 2 atom stereocenters. The maximum absolute atomic E-state index is 13.4. The molecular weight excluding hydrogens is 454 g/mol. The normalized spacial score (nSPS) is 14.7. The average molecular weight is 481 g/mol. The van der Waals surface area contributed by atoms with Crippen molar-refractivity contribution in [1.82, 2.24) is 20.5 Å². The van der Waals surface area contributed by atoms with Crippen LogP contribution in [-0.4, -0.2) is 46.7 Å². The molecule has 0 saturated carbocycles. The number of halogens is 2. The summed E-state index contributed by atoms with van der Waals surface area (Å²) >= 11 is 0. The van der Waals surface area contributed by atoms with E-state index in [1.807, 2.05) is 42.6 Å². The first-order valence-electron chi connectivity index (χ1n) is 11.3. The minimum absolute atomic E-state index is 0.137. The predicted molar refractivity (Wildman–Crippen MR) is 127 cm³/mol. The molecule has 9 heteroatoms. The van der Waals surface area contributed by atoms with Gasteiger partial charge in [-0.05, 0) is 36.2 Å². The van der Waals surface area contributed by atoms with Crippen molar-refractivity contribution in [2.75, 3.05) is 13.1 Å². The third kappa shape index (κ3) is 5.74. The van der Waals surface area contributed by atoms with Crippen LogP contribution in [0.5, 0.6) is 0 Å². The van der Waals surface area contributed by atoms with Crippen LogP contribution < -0.4 is 10.6 Å². The maximum atomic E-state index is 13.4. The van der Waals surface area contributed by atoms with Crippen molar-refractivity contribution < 1.29 is 23.2 Å². The van der Waals surface area contributed by atoms with Gasteiger partial charge in [0.15, 0.2) is 0 Å². The fraction of sp³-hybridized carbons (Fsp3) is 0.269. The lowest BCUT2D eigenvalue weighted by molar-refractivity contribution is -0.139. The number of aromatic nitrogens is 1. The molecule has 0 spiro atoms. The van der Waals surface area contributed by atoms with E-state index in [0.29, 0.717) is 13.1 Å². The third-order valence-electron chi connectivity index (χ3n) is 6.02. The molecule has 0 aliphatic carbocycles. The summed E-state index contributed by atoms with van der Waals surface area (Å²) < 4.78 is 26.8. The summed E-state index contributed by atoms with van der Waals surface area (Å²) in [5, 5.41) is 6.21. The number of carbonyl (C=O) groups excluding carboxylic acids is 3. The van der Waals surface area contributed by atoms with E-state index in [1.165, 1.54) is 6.92 Å². The molecule has 3 aromatic rings. The number of carbonyl (C=O) groups is 3. The lowest BCUT2D eigenvalue weighted by Gasteiger charge is -2.25. The number of fused-ring (bicyclic) bond motifs is 1. The van der Waals surface area contributed by atoms with E-state index in [-0.39, 0.29) is 24.4 Å². The van der Waals surface area contributed by atoms with Gasteiger partial charge >= 0.3 is 0 Å². The second kappa shape index (κ2) is 10.5. The fourth-order valence-electron chi connectivity index (χ4n) is 4.07. The summed E-state index contributed by atoms with van der Waals surface area (Å²) in [4.78, 5) is 43.5. The Bertz CT molecular complexity index is 1260. The van der Waals surface area contributed by atoms with Gasteiger partial charge in [-0.25, -0.2) is 8.78 Å². The van der Waals surface area contributed by atoms with E-state index in [9.17, 15) is 23.2 Å².